The third kappa shape index (κ3) is 3.83. The molecule has 0 N–H and O–H groups in total. The number of halogens is 1. The monoisotopic (exact) mass is 494 g/mol. The Hall–Kier alpha value is -1.76. The van der Waals surface area contributed by atoms with Crippen molar-refractivity contribution in [2.45, 2.75) is 60.8 Å². The van der Waals surface area contributed by atoms with Crippen LogP contribution in [0.25, 0.3) is 0 Å². The molecule has 3 aliphatic carbocycles. The quantitative estimate of drug-likeness (QED) is 0.418. The van der Waals surface area contributed by atoms with Gasteiger partial charge >= 0.3 is 11.9 Å². The summed E-state index contributed by atoms with van der Waals surface area (Å²) in [5.74, 6) is -1.79. The predicted molar refractivity (Wildman–Crippen MR) is 118 cm³/mol. The van der Waals surface area contributed by atoms with E-state index in [4.69, 9.17) is 9.47 Å². The average Bonchev–Trinajstić information content (AvgIpc) is 2.93. The fraction of sp³-hybridized carbons (Fsp3) is 0.667. The molecule has 0 spiro atoms. The summed E-state index contributed by atoms with van der Waals surface area (Å²) < 4.78 is 11.2. The lowest BCUT2D eigenvalue weighted by molar-refractivity contribution is -0.152. The zero-order chi connectivity index (χ0) is 23.3. The van der Waals surface area contributed by atoms with Crippen LogP contribution in [-0.4, -0.2) is 36.7 Å². The van der Waals surface area contributed by atoms with Gasteiger partial charge in [-0.25, -0.2) is 0 Å². The number of rotatable bonds is 5. The Morgan fingerprint density at radius 3 is 2.23 bits per heavy atom. The fourth-order valence-electron chi connectivity index (χ4n) is 6.28. The lowest BCUT2D eigenvalue weighted by Gasteiger charge is -2.51. The second kappa shape index (κ2) is 8.30. The molecule has 6 nitrogen and oxygen atoms in total. The number of Topliss-reactive ketones (excluding diaryl/α,β-unsaturated/α-hetero) is 2. The van der Waals surface area contributed by atoms with E-state index in [0.717, 1.165) is 19.3 Å². The summed E-state index contributed by atoms with van der Waals surface area (Å²) in [7, 11) is 0. The Morgan fingerprint density at radius 1 is 1.06 bits per heavy atom. The molecule has 1 fully saturated rings. The standard InChI is InChI=1S/C24H31BrO6/c1-12(2)16-19(25)21(29)18-17(20(16)28)15(10-30-13(3)26)22-23(5,11-31-14(4)27)8-7-9-24(18,22)6/h12,15,22H,7-11H2,1-6H3/t15-,22-,23-,24+/m0/s1. The molecule has 0 bridgehead atoms. The highest BCUT2D eigenvalue weighted by molar-refractivity contribution is 9.12. The number of esters is 2. The zero-order valence-corrected chi connectivity index (χ0v) is 20.7. The van der Waals surface area contributed by atoms with Crippen LogP contribution in [0.15, 0.2) is 21.2 Å². The maximum atomic E-state index is 13.7. The van der Waals surface area contributed by atoms with Crippen molar-refractivity contribution in [1.82, 2.24) is 0 Å². The first kappa shape index (κ1) is 23.9. The minimum atomic E-state index is -0.568. The molecule has 1 saturated carbocycles. The topological polar surface area (TPSA) is 86.7 Å². The van der Waals surface area contributed by atoms with E-state index >= 15 is 0 Å². The summed E-state index contributed by atoms with van der Waals surface area (Å²) in [6.45, 7) is 10.8. The smallest absolute Gasteiger partial charge is 0.302 e. The molecule has 0 aromatic heterocycles. The van der Waals surface area contributed by atoms with Gasteiger partial charge in [0.15, 0.2) is 11.6 Å². The summed E-state index contributed by atoms with van der Waals surface area (Å²) >= 11 is 3.42. The maximum absolute atomic E-state index is 13.7. The highest BCUT2D eigenvalue weighted by Gasteiger charge is 2.63. The number of fused-ring (bicyclic) bond motifs is 2. The Balaban J connectivity index is 2.17. The van der Waals surface area contributed by atoms with Crippen molar-refractivity contribution in [1.29, 1.82) is 0 Å². The van der Waals surface area contributed by atoms with Gasteiger partial charge in [0, 0.05) is 47.3 Å². The van der Waals surface area contributed by atoms with Crippen LogP contribution in [0, 0.1) is 28.6 Å². The Kier molecular flexibility index (Phi) is 6.40. The van der Waals surface area contributed by atoms with Crippen LogP contribution in [0.3, 0.4) is 0 Å². The predicted octanol–water partition coefficient (Wildman–Crippen LogP) is 4.31. The van der Waals surface area contributed by atoms with E-state index in [1.807, 2.05) is 20.8 Å². The first-order valence-electron chi connectivity index (χ1n) is 10.9. The summed E-state index contributed by atoms with van der Waals surface area (Å²) in [4.78, 5) is 50.5. The highest BCUT2D eigenvalue weighted by atomic mass is 79.9. The molecule has 0 unspecified atom stereocenters. The average molecular weight is 495 g/mol. The van der Waals surface area contributed by atoms with E-state index in [1.165, 1.54) is 13.8 Å². The van der Waals surface area contributed by atoms with Gasteiger partial charge in [-0.05, 0) is 40.6 Å². The molecule has 0 aliphatic heterocycles. The van der Waals surface area contributed by atoms with Gasteiger partial charge in [0.1, 0.15) is 0 Å². The molecule has 0 aromatic carbocycles. The van der Waals surface area contributed by atoms with E-state index in [1.54, 1.807) is 0 Å². The van der Waals surface area contributed by atoms with Gasteiger partial charge in [0.05, 0.1) is 17.7 Å². The molecule has 31 heavy (non-hydrogen) atoms. The number of carbonyl (C=O) groups is 4. The SMILES string of the molecule is CC(=O)OC[C@H]1C2=C(C(=O)C(Br)=C(C(C)C)C2=O)[C@@]2(C)CCC[C@@](C)(COC(C)=O)[C@H]12. The van der Waals surface area contributed by atoms with Gasteiger partial charge in [-0.3, -0.25) is 19.2 Å². The second-order valence-electron chi connectivity index (χ2n) is 9.92. The minimum Gasteiger partial charge on any atom is -0.465 e. The summed E-state index contributed by atoms with van der Waals surface area (Å²) in [5.41, 5.74) is 0.486. The van der Waals surface area contributed by atoms with Crippen molar-refractivity contribution in [3.63, 3.8) is 0 Å². The first-order chi connectivity index (χ1) is 14.3. The van der Waals surface area contributed by atoms with Gasteiger partial charge in [0.25, 0.3) is 0 Å². The molecule has 3 aliphatic rings. The van der Waals surface area contributed by atoms with Crippen LogP contribution in [-0.2, 0) is 28.7 Å². The van der Waals surface area contributed by atoms with Crippen molar-refractivity contribution < 1.29 is 28.7 Å². The van der Waals surface area contributed by atoms with Crippen LogP contribution in [0.4, 0.5) is 0 Å². The third-order valence-electron chi connectivity index (χ3n) is 7.30. The highest BCUT2D eigenvalue weighted by Crippen LogP contribution is 2.65. The summed E-state index contributed by atoms with van der Waals surface area (Å²) in [6, 6.07) is 0. The fourth-order valence-corrected chi connectivity index (χ4v) is 7.12. The summed E-state index contributed by atoms with van der Waals surface area (Å²) in [6.07, 6.45) is 2.40. The van der Waals surface area contributed by atoms with Gasteiger partial charge in [-0.1, -0.05) is 34.1 Å². The van der Waals surface area contributed by atoms with E-state index in [2.05, 4.69) is 22.9 Å². The van der Waals surface area contributed by atoms with Gasteiger partial charge < -0.3 is 9.47 Å². The molecular weight excluding hydrogens is 464 g/mol. The van der Waals surface area contributed by atoms with Crippen molar-refractivity contribution in [2.75, 3.05) is 13.2 Å². The molecule has 0 heterocycles. The third-order valence-corrected chi connectivity index (χ3v) is 8.08. The molecular formula is C24H31BrO6. The minimum absolute atomic E-state index is 0.0338. The Labute approximate surface area is 191 Å². The number of carbonyl (C=O) groups excluding carboxylic acids is 4. The molecule has 0 amide bonds. The van der Waals surface area contributed by atoms with Gasteiger partial charge in [-0.2, -0.15) is 0 Å². The van der Waals surface area contributed by atoms with Crippen LogP contribution in [0.5, 0.6) is 0 Å². The van der Waals surface area contributed by atoms with E-state index in [9.17, 15) is 19.2 Å². The lowest BCUT2D eigenvalue weighted by Crippen LogP contribution is -2.49. The largest absolute Gasteiger partial charge is 0.465 e. The summed E-state index contributed by atoms with van der Waals surface area (Å²) in [5, 5.41) is 0. The Bertz CT molecular complexity index is 913. The lowest BCUT2D eigenvalue weighted by atomic mass is 9.53. The van der Waals surface area contributed by atoms with Crippen molar-refractivity contribution in [3.8, 4) is 0 Å². The van der Waals surface area contributed by atoms with Crippen LogP contribution in [0.2, 0.25) is 0 Å². The molecule has 3 rings (SSSR count). The van der Waals surface area contributed by atoms with E-state index in [-0.39, 0.29) is 42.6 Å². The van der Waals surface area contributed by atoms with Crippen molar-refractivity contribution in [3.05, 3.63) is 21.2 Å². The molecule has 0 radical (unpaired) electrons. The van der Waals surface area contributed by atoms with Crippen molar-refractivity contribution in [2.24, 2.45) is 28.6 Å². The number of hydrogen-bond acceptors (Lipinski definition) is 6. The number of ketones is 2. The number of hydrogen-bond donors (Lipinski definition) is 0. The second-order valence-corrected chi connectivity index (χ2v) is 10.7. The number of allylic oxidation sites excluding steroid dienone is 3. The van der Waals surface area contributed by atoms with Crippen LogP contribution in [0.1, 0.15) is 60.8 Å². The molecule has 170 valence electrons. The number of ether oxygens (including phenoxy) is 2. The van der Waals surface area contributed by atoms with E-state index in [0.29, 0.717) is 21.2 Å². The van der Waals surface area contributed by atoms with Crippen LogP contribution >= 0.6 is 15.9 Å². The molecule has 4 atom stereocenters. The normalized spacial score (nSPS) is 32.9. The Morgan fingerprint density at radius 2 is 1.68 bits per heavy atom. The zero-order valence-electron chi connectivity index (χ0n) is 19.1. The van der Waals surface area contributed by atoms with Gasteiger partial charge in [0.2, 0.25) is 0 Å². The van der Waals surface area contributed by atoms with Gasteiger partial charge in [-0.15, -0.1) is 0 Å². The molecule has 7 heteroatoms. The van der Waals surface area contributed by atoms with Crippen LogP contribution < -0.4 is 0 Å². The first-order valence-corrected chi connectivity index (χ1v) is 11.6. The maximum Gasteiger partial charge on any atom is 0.302 e. The molecule has 0 saturated heterocycles. The molecule has 0 aromatic rings. The van der Waals surface area contributed by atoms with Crippen molar-refractivity contribution >= 4 is 39.4 Å². The van der Waals surface area contributed by atoms with E-state index < -0.39 is 22.7 Å².